The number of hydrogen-bond donors (Lipinski definition) is 1. The van der Waals surface area contributed by atoms with Crippen molar-refractivity contribution >= 4 is 32.9 Å². The number of aromatic nitrogens is 2. The maximum atomic E-state index is 10.9. The van der Waals surface area contributed by atoms with Crippen molar-refractivity contribution in [2.45, 2.75) is 45.9 Å². The monoisotopic (exact) mass is 577 g/mol. The average molecular weight is 579 g/mol. The van der Waals surface area contributed by atoms with Gasteiger partial charge in [0, 0.05) is 10.0 Å². The van der Waals surface area contributed by atoms with Crippen molar-refractivity contribution < 1.29 is 19.4 Å². The number of hydrogen-bond acceptors (Lipinski definition) is 5. The van der Waals surface area contributed by atoms with E-state index in [2.05, 4.69) is 49.7 Å². The van der Waals surface area contributed by atoms with Gasteiger partial charge in [0.2, 0.25) is 0 Å². The molecule has 3 aromatic carbocycles. The summed E-state index contributed by atoms with van der Waals surface area (Å²) in [5, 5.41) is 8.92. The number of aliphatic carboxylic acids is 1. The van der Waals surface area contributed by atoms with Crippen molar-refractivity contribution in [1.29, 1.82) is 0 Å². The zero-order valence-electron chi connectivity index (χ0n) is 21.5. The molecule has 2 heterocycles. The number of rotatable bonds is 11. The number of carboxylic acid groups (broad SMARTS) is 1. The third kappa shape index (κ3) is 6.19. The average Bonchev–Trinajstić information content (AvgIpc) is 3.54. The standard InChI is InChI=1S/C30H32BrN3O4/c1-2-22-15-21(9-12-28(22)38-20-30(35)36)19-37-27-8-4-3-7-23(27)17-34-26-11-10-24(31)16-25(26)32-29(34)18-33-13-5-6-14-33/h3-4,7-12,15-16H,2,5-6,13-14,17-20H2,1H3,(H,35,36). The Balaban J connectivity index is 1.37. The van der Waals surface area contributed by atoms with Crippen LogP contribution in [0.25, 0.3) is 11.0 Å². The number of para-hydroxylation sites is 1. The number of benzene rings is 3. The second-order valence-electron chi connectivity index (χ2n) is 9.60. The molecule has 198 valence electrons. The molecule has 0 unspecified atom stereocenters. The van der Waals surface area contributed by atoms with Crippen LogP contribution in [0.5, 0.6) is 11.5 Å². The summed E-state index contributed by atoms with van der Waals surface area (Å²) in [6, 6.07) is 20.2. The molecule has 1 aliphatic rings. The van der Waals surface area contributed by atoms with E-state index >= 15 is 0 Å². The van der Waals surface area contributed by atoms with Crippen molar-refractivity contribution in [3.63, 3.8) is 0 Å². The van der Waals surface area contributed by atoms with Crippen molar-refractivity contribution in [2.24, 2.45) is 0 Å². The molecule has 5 rings (SSSR count). The predicted octanol–water partition coefficient (Wildman–Crippen LogP) is 6.05. The molecule has 0 saturated carbocycles. The highest BCUT2D eigenvalue weighted by atomic mass is 79.9. The van der Waals surface area contributed by atoms with Gasteiger partial charge in [-0.3, -0.25) is 4.90 Å². The van der Waals surface area contributed by atoms with E-state index in [-0.39, 0.29) is 6.61 Å². The fourth-order valence-corrected chi connectivity index (χ4v) is 5.33. The number of carbonyl (C=O) groups is 1. The summed E-state index contributed by atoms with van der Waals surface area (Å²) in [5.41, 5.74) is 5.16. The topological polar surface area (TPSA) is 76.8 Å². The van der Waals surface area contributed by atoms with Crippen LogP contribution in [-0.4, -0.2) is 45.2 Å². The molecule has 1 N–H and O–H groups in total. The second-order valence-corrected chi connectivity index (χ2v) is 10.5. The highest BCUT2D eigenvalue weighted by molar-refractivity contribution is 9.10. The smallest absolute Gasteiger partial charge is 0.341 e. The van der Waals surface area contributed by atoms with Gasteiger partial charge >= 0.3 is 5.97 Å². The summed E-state index contributed by atoms with van der Waals surface area (Å²) >= 11 is 3.59. The number of ether oxygens (including phenoxy) is 2. The quantitative estimate of drug-likeness (QED) is 0.234. The first-order valence-electron chi connectivity index (χ1n) is 13.0. The second kappa shape index (κ2) is 12.0. The van der Waals surface area contributed by atoms with Gasteiger partial charge in [-0.15, -0.1) is 0 Å². The van der Waals surface area contributed by atoms with Gasteiger partial charge in [0.25, 0.3) is 0 Å². The molecule has 0 spiro atoms. The van der Waals surface area contributed by atoms with Crippen molar-refractivity contribution in [3.8, 4) is 11.5 Å². The highest BCUT2D eigenvalue weighted by Gasteiger charge is 2.19. The first kappa shape index (κ1) is 26.3. The predicted molar refractivity (Wildman–Crippen MR) is 151 cm³/mol. The Morgan fingerprint density at radius 1 is 0.974 bits per heavy atom. The minimum atomic E-state index is -0.988. The lowest BCUT2D eigenvalue weighted by Crippen LogP contribution is -2.21. The summed E-state index contributed by atoms with van der Waals surface area (Å²) in [6.45, 7) is 5.82. The molecule has 0 amide bonds. The van der Waals surface area contributed by atoms with Crippen molar-refractivity contribution in [2.75, 3.05) is 19.7 Å². The maximum absolute atomic E-state index is 10.9. The van der Waals surface area contributed by atoms with Crippen LogP contribution in [0.2, 0.25) is 0 Å². The number of carboxylic acids is 1. The van der Waals surface area contributed by atoms with Gasteiger partial charge in [-0.1, -0.05) is 47.1 Å². The molecule has 1 aromatic heterocycles. The van der Waals surface area contributed by atoms with Crippen molar-refractivity contribution in [3.05, 3.63) is 87.7 Å². The van der Waals surface area contributed by atoms with Crippen LogP contribution in [-0.2, 0) is 30.9 Å². The van der Waals surface area contributed by atoms with Crippen LogP contribution in [0, 0.1) is 0 Å². The third-order valence-corrected chi connectivity index (χ3v) is 7.40. The molecular formula is C30H32BrN3O4. The van der Waals surface area contributed by atoms with E-state index in [1.807, 2.05) is 43.3 Å². The molecule has 0 aliphatic carbocycles. The number of likely N-dealkylation sites (tertiary alicyclic amines) is 1. The van der Waals surface area contributed by atoms with E-state index in [1.54, 1.807) is 0 Å². The van der Waals surface area contributed by atoms with E-state index in [4.69, 9.17) is 19.6 Å². The van der Waals surface area contributed by atoms with E-state index in [1.165, 1.54) is 12.8 Å². The van der Waals surface area contributed by atoms with Crippen LogP contribution >= 0.6 is 15.9 Å². The van der Waals surface area contributed by atoms with Gasteiger partial charge in [-0.2, -0.15) is 0 Å². The van der Waals surface area contributed by atoms with Gasteiger partial charge in [0.1, 0.15) is 23.9 Å². The molecule has 8 heteroatoms. The lowest BCUT2D eigenvalue weighted by Gasteiger charge is -2.18. The molecule has 0 bridgehead atoms. The highest BCUT2D eigenvalue weighted by Crippen LogP contribution is 2.28. The lowest BCUT2D eigenvalue weighted by molar-refractivity contribution is -0.139. The number of fused-ring (bicyclic) bond motifs is 1. The van der Waals surface area contributed by atoms with Crippen LogP contribution in [0.15, 0.2) is 65.1 Å². The first-order chi connectivity index (χ1) is 18.5. The summed E-state index contributed by atoms with van der Waals surface area (Å²) in [5.74, 6) is 1.52. The summed E-state index contributed by atoms with van der Waals surface area (Å²) in [4.78, 5) is 18.4. The molecule has 4 aromatic rings. The molecule has 7 nitrogen and oxygen atoms in total. The number of halogens is 1. The summed E-state index contributed by atoms with van der Waals surface area (Å²) in [7, 11) is 0. The van der Waals surface area contributed by atoms with Gasteiger partial charge < -0.3 is 19.1 Å². The fourth-order valence-electron chi connectivity index (χ4n) is 4.98. The number of imidazole rings is 1. The molecule has 38 heavy (non-hydrogen) atoms. The Morgan fingerprint density at radius 3 is 2.55 bits per heavy atom. The van der Waals surface area contributed by atoms with Crippen LogP contribution in [0.4, 0.5) is 0 Å². The Bertz CT molecular complexity index is 1430. The molecule has 1 saturated heterocycles. The largest absolute Gasteiger partial charge is 0.489 e. The fraction of sp³-hybridized carbons (Fsp3) is 0.333. The summed E-state index contributed by atoms with van der Waals surface area (Å²) in [6.07, 6.45) is 3.23. The lowest BCUT2D eigenvalue weighted by atomic mass is 10.1. The number of aryl methyl sites for hydroxylation is 1. The van der Waals surface area contributed by atoms with Gasteiger partial charge in [0.05, 0.1) is 24.1 Å². The Hall–Kier alpha value is -3.36. The maximum Gasteiger partial charge on any atom is 0.341 e. The van der Waals surface area contributed by atoms with Crippen LogP contribution in [0.1, 0.15) is 42.3 Å². The third-order valence-electron chi connectivity index (χ3n) is 6.91. The number of nitrogens with zero attached hydrogens (tertiary/aromatic N) is 3. The SMILES string of the molecule is CCc1cc(COc2ccccc2Cn2c(CN3CCCC3)nc3cc(Br)ccc32)ccc1OCC(=O)O. The molecule has 0 radical (unpaired) electrons. The van der Waals surface area contributed by atoms with Gasteiger partial charge in [0.15, 0.2) is 6.61 Å². The van der Waals surface area contributed by atoms with Crippen molar-refractivity contribution in [1.82, 2.24) is 14.5 Å². The normalized spacial score (nSPS) is 13.7. The molecule has 0 atom stereocenters. The van der Waals surface area contributed by atoms with E-state index in [9.17, 15) is 4.79 Å². The summed E-state index contributed by atoms with van der Waals surface area (Å²) < 4.78 is 15.1. The zero-order chi connectivity index (χ0) is 26.5. The zero-order valence-corrected chi connectivity index (χ0v) is 23.1. The Kier molecular flexibility index (Phi) is 8.29. The Morgan fingerprint density at radius 2 is 1.76 bits per heavy atom. The molecule has 1 fully saturated rings. The van der Waals surface area contributed by atoms with Gasteiger partial charge in [-0.25, -0.2) is 9.78 Å². The minimum Gasteiger partial charge on any atom is -0.489 e. The molecular weight excluding hydrogens is 546 g/mol. The first-order valence-corrected chi connectivity index (χ1v) is 13.8. The van der Waals surface area contributed by atoms with E-state index < -0.39 is 5.97 Å². The molecule has 1 aliphatic heterocycles. The van der Waals surface area contributed by atoms with Crippen LogP contribution < -0.4 is 9.47 Å². The van der Waals surface area contributed by atoms with E-state index in [0.29, 0.717) is 18.9 Å². The van der Waals surface area contributed by atoms with Gasteiger partial charge in [-0.05, 0) is 79.9 Å². The minimum absolute atomic E-state index is 0.351. The van der Waals surface area contributed by atoms with Crippen LogP contribution in [0.3, 0.4) is 0 Å². The Labute approximate surface area is 231 Å². The van der Waals surface area contributed by atoms with E-state index in [0.717, 1.165) is 69.8 Å².